The standard InChI is InChI=1S/C10H14FNO3S/c1-2-8(13)7-12-16(14,15)10-6-4-3-5-9(10)11/h3-6,8,12-13H,2,7H2,1H3. The van der Waals surface area contributed by atoms with Gasteiger partial charge in [-0.2, -0.15) is 0 Å². The predicted octanol–water partition coefficient (Wildman–Crippen LogP) is 0.875. The Labute approximate surface area is 94.2 Å². The molecule has 6 heteroatoms. The zero-order valence-electron chi connectivity index (χ0n) is 8.85. The zero-order chi connectivity index (χ0) is 12.2. The van der Waals surface area contributed by atoms with Crippen LogP contribution < -0.4 is 4.72 Å². The van der Waals surface area contributed by atoms with Crippen molar-refractivity contribution in [3.63, 3.8) is 0 Å². The van der Waals surface area contributed by atoms with Gasteiger partial charge in [-0.3, -0.25) is 0 Å². The highest BCUT2D eigenvalue weighted by Crippen LogP contribution is 2.12. The average molecular weight is 247 g/mol. The fourth-order valence-electron chi connectivity index (χ4n) is 1.09. The van der Waals surface area contributed by atoms with Crippen molar-refractivity contribution in [2.75, 3.05) is 6.54 Å². The number of halogens is 1. The molecule has 0 aliphatic carbocycles. The van der Waals surface area contributed by atoms with Crippen molar-refractivity contribution in [3.8, 4) is 0 Å². The van der Waals surface area contributed by atoms with Crippen LogP contribution in [0.15, 0.2) is 29.2 Å². The van der Waals surface area contributed by atoms with E-state index in [1.54, 1.807) is 6.92 Å². The van der Waals surface area contributed by atoms with Crippen LogP contribution in [0.25, 0.3) is 0 Å². The van der Waals surface area contributed by atoms with Crippen molar-refractivity contribution >= 4 is 10.0 Å². The van der Waals surface area contributed by atoms with Gasteiger partial charge in [-0.1, -0.05) is 19.1 Å². The molecule has 4 nitrogen and oxygen atoms in total. The molecule has 0 aliphatic rings. The van der Waals surface area contributed by atoms with Gasteiger partial charge >= 0.3 is 0 Å². The normalized spacial score (nSPS) is 13.7. The van der Waals surface area contributed by atoms with E-state index in [-0.39, 0.29) is 6.54 Å². The van der Waals surface area contributed by atoms with Gasteiger partial charge in [0.25, 0.3) is 0 Å². The molecule has 0 aliphatic heterocycles. The van der Waals surface area contributed by atoms with E-state index in [0.29, 0.717) is 6.42 Å². The highest BCUT2D eigenvalue weighted by Gasteiger charge is 2.18. The summed E-state index contributed by atoms with van der Waals surface area (Å²) in [7, 11) is -3.88. The van der Waals surface area contributed by atoms with Crippen molar-refractivity contribution in [2.45, 2.75) is 24.3 Å². The molecule has 1 atom stereocenters. The highest BCUT2D eigenvalue weighted by atomic mass is 32.2. The predicted molar refractivity (Wildman–Crippen MR) is 57.9 cm³/mol. The van der Waals surface area contributed by atoms with Crippen molar-refractivity contribution in [3.05, 3.63) is 30.1 Å². The summed E-state index contributed by atoms with van der Waals surface area (Å²) in [5, 5.41) is 9.22. The third-order valence-electron chi connectivity index (χ3n) is 2.11. The first-order valence-corrected chi connectivity index (χ1v) is 6.38. The number of rotatable bonds is 5. The number of nitrogens with one attached hydrogen (secondary N) is 1. The first-order chi connectivity index (χ1) is 7.47. The smallest absolute Gasteiger partial charge is 0.243 e. The molecule has 0 spiro atoms. The number of aliphatic hydroxyl groups excluding tert-OH is 1. The van der Waals surface area contributed by atoms with Gasteiger partial charge in [0.15, 0.2) is 0 Å². The summed E-state index contributed by atoms with van der Waals surface area (Å²) in [4.78, 5) is -0.404. The molecule has 0 radical (unpaired) electrons. The molecule has 1 aromatic rings. The molecule has 1 aromatic carbocycles. The maximum Gasteiger partial charge on any atom is 0.243 e. The third kappa shape index (κ3) is 3.26. The Bertz CT molecular complexity index is 447. The van der Waals surface area contributed by atoms with Gasteiger partial charge in [0.2, 0.25) is 10.0 Å². The van der Waals surface area contributed by atoms with E-state index in [9.17, 15) is 17.9 Å². The molecule has 1 unspecified atom stereocenters. The molecule has 0 saturated carbocycles. The fraction of sp³-hybridized carbons (Fsp3) is 0.400. The number of hydrogen-bond acceptors (Lipinski definition) is 3. The van der Waals surface area contributed by atoms with Crippen LogP contribution in [0, 0.1) is 5.82 Å². The second-order valence-corrected chi connectivity index (χ2v) is 5.08. The largest absolute Gasteiger partial charge is 0.392 e. The van der Waals surface area contributed by atoms with Crippen molar-refractivity contribution in [2.24, 2.45) is 0 Å². The Morgan fingerprint density at radius 2 is 2.06 bits per heavy atom. The number of aliphatic hydroxyl groups is 1. The lowest BCUT2D eigenvalue weighted by Gasteiger charge is -2.10. The quantitative estimate of drug-likeness (QED) is 0.811. The lowest BCUT2D eigenvalue weighted by atomic mass is 10.3. The summed E-state index contributed by atoms with van der Waals surface area (Å²) in [6.07, 6.45) is -0.332. The third-order valence-corrected chi connectivity index (χ3v) is 3.56. The number of sulfonamides is 1. The van der Waals surface area contributed by atoms with Crippen LogP contribution in [-0.4, -0.2) is 26.2 Å². The summed E-state index contributed by atoms with van der Waals surface area (Å²) in [6.45, 7) is 1.61. The summed E-state index contributed by atoms with van der Waals surface area (Å²) >= 11 is 0. The average Bonchev–Trinajstić information content (AvgIpc) is 2.26. The highest BCUT2D eigenvalue weighted by molar-refractivity contribution is 7.89. The molecule has 0 bridgehead atoms. The Hall–Kier alpha value is -0.980. The number of hydrogen-bond donors (Lipinski definition) is 2. The van der Waals surface area contributed by atoms with Crippen LogP contribution >= 0.6 is 0 Å². The van der Waals surface area contributed by atoms with Crippen LogP contribution in [-0.2, 0) is 10.0 Å². The Kier molecular flexibility index (Phi) is 4.40. The molecule has 16 heavy (non-hydrogen) atoms. The Morgan fingerprint density at radius 3 is 2.62 bits per heavy atom. The molecule has 0 fully saturated rings. The van der Waals surface area contributed by atoms with Gasteiger partial charge in [-0.15, -0.1) is 0 Å². The van der Waals surface area contributed by atoms with E-state index in [4.69, 9.17) is 0 Å². The second kappa shape index (κ2) is 5.38. The van der Waals surface area contributed by atoms with E-state index in [1.807, 2.05) is 0 Å². The van der Waals surface area contributed by atoms with Crippen LogP contribution in [0.3, 0.4) is 0 Å². The van der Waals surface area contributed by atoms with E-state index in [2.05, 4.69) is 4.72 Å². The first kappa shape index (κ1) is 13.1. The molecular formula is C10H14FNO3S. The first-order valence-electron chi connectivity index (χ1n) is 4.89. The molecule has 1 rings (SSSR count). The maximum absolute atomic E-state index is 13.2. The summed E-state index contributed by atoms with van der Waals surface area (Å²) in [5.74, 6) is -0.805. The summed E-state index contributed by atoms with van der Waals surface area (Å²) in [5.41, 5.74) is 0. The molecule has 0 amide bonds. The Morgan fingerprint density at radius 1 is 1.44 bits per heavy atom. The molecular weight excluding hydrogens is 233 g/mol. The topological polar surface area (TPSA) is 66.4 Å². The van der Waals surface area contributed by atoms with E-state index in [1.165, 1.54) is 18.2 Å². The van der Waals surface area contributed by atoms with Gasteiger partial charge in [-0.05, 0) is 18.6 Å². The summed E-state index contributed by atoms with van der Waals surface area (Å²) in [6, 6.07) is 5.10. The van der Waals surface area contributed by atoms with Gasteiger partial charge < -0.3 is 5.11 Å². The molecule has 90 valence electrons. The fourth-order valence-corrected chi connectivity index (χ4v) is 2.24. The lowest BCUT2D eigenvalue weighted by Crippen LogP contribution is -2.32. The van der Waals surface area contributed by atoms with Gasteiger partial charge in [0.05, 0.1) is 6.10 Å². The van der Waals surface area contributed by atoms with Crippen LogP contribution in [0.1, 0.15) is 13.3 Å². The van der Waals surface area contributed by atoms with Crippen molar-refractivity contribution in [1.82, 2.24) is 4.72 Å². The minimum absolute atomic E-state index is 0.118. The van der Waals surface area contributed by atoms with Crippen LogP contribution in [0.4, 0.5) is 4.39 Å². The van der Waals surface area contributed by atoms with Gasteiger partial charge in [0, 0.05) is 6.54 Å². The van der Waals surface area contributed by atoms with E-state index in [0.717, 1.165) is 6.07 Å². The van der Waals surface area contributed by atoms with Crippen LogP contribution in [0.5, 0.6) is 0 Å². The Balaban J connectivity index is 2.83. The second-order valence-electron chi connectivity index (χ2n) is 3.34. The molecule has 0 aromatic heterocycles. The van der Waals surface area contributed by atoms with Crippen molar-refractivity contribution < 1.29 is 17.9 Å². The zero-order valence-corrected chi connectivity index (χ0v) is 9.67. The van der Waals surface area contributed by atoms with Gasteiger partial charge in [0.1, 0.15) is 10.7 Å². The summed E-state index contributed by atoms with van der Waals surface area (Å²) < 4.78 is 38.6. The molecule has 2 N–H and O–H groups in total. The van der Waals surface area contributed by atoms with Crippen molar-refractivity contribution in [1.29, 1.82) is 0 Å². The SMILES string of the molecule is CCC(O)CNS(=O)(=O)c1ccccc1F. The monoisotopic (exact) mass is 247 g/mol. The maximum atomic E-state index is 13.2. The lowest BCUT2D eigenvalue weighted by molar-refractivity contribution is 0.174. The van der Waals surface area contributed by atoms with Gasteiger partial charge in [-0.25, -0.2) is 17.5 Å². The van der Waals surface area contributed by atoms with E-state index >= 15 is 0 Å². The van der Waals surface area contributed by atoms with Crippen LogP contribution in [0.2, 0.25) is 0 Å². The van der Waals surface area contributed by atoms with E-state index < -0.39 is 26.8 Å². The molecule has 0 heterocycles. The molecule has 0 saturated heterocycles. The minimum atomic E-state index is -3.88. The minimum Gasteiger partial charge on any atom is -0.392 e. The number of benzene rings is 1.